The van der Waals surface area contributed by atoms with Crippen LogP contribution in [-0.4, -0.2) is 10.5 Å². The molecule has 3 nitrogen and oxygen atoms in total. The molecule has 0 N–H and O–H groups in total. The van der Waals surface area contributed by atoms with E-state index in [0.717, 1.165) is 35.0 Å². The Morgan fingerprint density at radius 2 is 1.96 bits per heavy atom. The maximum atomic E-state index is 13.0. The van der Waals surface area contributed by atoms with Crippen LogP contribution in [0.4, 0.5) is 4.39 Å². The van der Waals surface area contributed by atoms with E-state index in [1.54, 1.807) is 18.2 Å². The first-order valence-corrected chi connectivity index (χ1v) is 9.97. The molecule has 140 valence electrons. The van der Waals surface area contributed by atoms with Crippen LogP contribution >= 0.6 is 11.3 Å². The number of carbonyl (C=O) groups is 1. The van der Waals surface area contributed by atoms with Crippen LogP contribution in [0.2, 0.25) is 0 Å². The molecule has 27 heavy (non-hydrogen) atoms. The average molecular weight is 383 g/mol. The van der Waals surface area contributed by atoms with E-state index in [1.165, 1.54) is 29.0 Å². The number of thiazole rings is 1. The van der Waals surface area contributed by atoms with Gasteiger partial charge in [0.05, 0.1) is 16.6 Å². The van der Waals surface area contributed by atoms with Gasteiger partial charge in [-0.25, -0.2) is 4.39 Å². The minimum absolute atomic E-state index is 0.157. The van der Waals surface area contributed by atoms with Crippen molar-refractivity contribution in [3.8, 4) is 0 Å². The summed E-state index contributed by atoms with van der Waals surface area (Å²) >= 11 is 1.52. The molecule has 0 saturated carbocycles. The molecule has 5 heteroatoms. The third-order valence-electron chi connectivity index (χ3n) is 4.37. The number of unbranched alkanes of at least 4 members (excludes halogenated alkanes) is 1. The summed E-state index contributed by atoms with van der Waals surface area (Å²) in [4.78, 5) is 17.4. The summed E-state index contributed by atoms with van der Waals surface area (Å²) in [6, 6.07) is 12.4. The van der Waals surface area contributed by atoms with Crippen molar-refractivity contribution in [1.82, 2.24) is 4.57 Å². The molecule has 3 rings (SSSR count). The Morgan fingerprint density at radius 3 is 2.67 bits per heavy atom. The predicted octanol–water partition coefficient (Wildman–Crippen LogP) is 5.04. The number of carbonyl (C=O) groups excluding carboxylic acids is 1. The maximum absolute atomic E-state index is 13.0. The van der Waals surface area contributed by atoms with E-state index in [2.05, 4.69) is 36.7 Å². The number of rotatable bonds is 7. The number of amides is 1. The minimum Gasteiger partial charge on any atom is -0.313 e. The van der Waals surface area contributed by atoms with Crippen LogP contribution in [0.15, 0.2) is 60.1 Å². The van der Waals surface area contributed by atoms with E-state index in [9.17, 15) is 9.18 Å². The van der Waals surface area contributed by atoms with Crippen molar-refractivity contribution in [3.05, 3.63) is 76.9 Å². The second-order valence-corrected chi connectivity index (χ2v) is 7.51. The van der Waals surface area contributed by atoms with E-state index < -0.39 is 0 Å². The number of allylic oxidation sites excluding steroid dienone is 1. The summed E-state index contributed by atoms with van der Waals surface area (Å²) in [5.41, 5.74) is 3.12. The zero-order valence-corrected chi connectivity index (χ0v) is 16.3. The molecule has 0 bridgehead atoms. The van der Waals surface area contributed by atoms with Crippen molar-refractivity contribution in [1.29, 1.82) is 0 Å². The third-order valence-corrected chi connectivity index (χ3v) is 5.41. The van der Waals surface area contributed by atoms with Gasteiger partial charge in [-0.1, -0.05) is 49.0 Å². The minimum atomic E-state index is -0.310. The Balaban J connectivity index is 1.94. The monoisotopic (exact) mass is 382 g/mol. The smallest absolute Gasteiger partial charge is 0.252 e. The lowest BCUT2D eigenvalue weighted by atomic mass is 10.1. The van der Waals surface area contributed by atoms with Crippen LogP contribution in [0, 0.1) is 5.82 Å². The molecular weight excluding hydrogens is 359 g/mol. The lowest BCUT2D eigenvalue weighted by molar-refractivity contribution is -0.117. The first-order valence-electron chi connectivity index (χ1n) is 9.16. The highest BCUT2D eigenvalue weighted by Crippen LogP contribution is 2.20. The Hall–Kier alpha value is -2.53. The average Bonchev–Trinajstić information content (AvgIpc) is 2.98. The van der Waals surface area contributed by atoms with Crippen molar-refractivity contribution in [2.45, 2.75) is 39.2 Å². The van der Waals surface area contributed by atoms with Crippen molar-refractivity contribution in [2.75, 3.05) is 0 Å². The van der Waals surface area contributed by atoms with Crippen LogP contribution in [0.3, 0.4) is 0 Å². The van der Waals surface area contributed by atoms with Gasteiger partial charge >= 0.3 is 0 Å². The van der Waals surface area contributed by atoms with E-state index in [4.69, 9.17) is 0 Å². The van der Waals surface area contributed by atoms with Crippen molar-refractivity contribution in [3.63, 3.8) is 0 Å². The molecule has 0 radical (unpaired) electrons. The molecular formula is C22H23FN2OS. The zero-order valence-electron chi connectivity index (χ0n) is 15.5. The number of halogens is 1. The summed E-state index contributed by atoms with van der Waals surface area (Å²) in [7, 11) is 0. The van der Waals surface area contributed by atoms with Crippen LogP contribution in [0.25, 0.3) is 10.2 Å². The maximum Gasteiger partial charge on any atom is 0.252 e. The molecule has 1 amide bonds. The molecule has 0 atom stereocenters. The molecule has 0 aliphatic heterocycles. The molecule has 2 aromatic carbocycles. The summed E-state index contributed by atoms with van der Waals surface area (Å²) in [5.74, 6) is -0.549. The molecule has 0 fully saturated rings. The molecule has 0 aliphatic carbocycles. The first kappa shape index (κ1) is 19.2. The van der Waals surface area contributed by atoms with Gasteiger partial charge in [0, 0.05) is 6.54 Å². The second-order valence-electron chi connectivity index (χ2n) is 6.50. The number of aromatic nitrogens is 1. The topological polar surface area (TPSA) is 34.4 Å². The summed E-state index contributed by atoms with van der Waals surface area (Å²) in [6.07, 6.45) is 5.35. The lowest BCUT2D eigenvalue weighted by Crippen LogP contribution is -2.16. The number of benzene rings is 2. The highest BCUT2D eigenvalue weighted by Gasteiger charge is 2.09. The molecule has 0 unspecified atom stereocenters. The number of fused-ring (bicyclic) bond motifs is 1. The fraction of sp³-hybridized carbons (Fsp3) is 0.273. The van der Waals surface area contributed by atoms with E-state index in [0.29, 0.717) is 11.3 Å². The number of aryl methyl sites for hydroxylation is 1. The SMILES string of the molecule is C=CCn1c(=NC(=O)Cc2ccc(F)cc2)sc2cc(CCCC)ccc21. The van der Waals surface area contributed by atoms with E-state index in [1.807, 2.05) is 4.57 Å². The van der Waals surface area contributed by atoms with Gasteiger partial charge in [-0.05, 0) is 48.2 Å². The molecule has 0 saturated heterocycles. The van der Waals surface area contributed by atoms with Crippen molar-refractivity contribution in [2.24, 2.45) is 4.99 Å². The summed E-state index contributed by atoms with van der Waals surface area (Å²) in [6.45, 7) is 6.60. The Bertz CT molecular complexity index is 1010. The molecule has 0 spiro atoms. The van der Waals surface area contributed by atoms with Gasteiger partial charge in [0.1, 0.15) is 5.82 Å². The van der Waals surface area contributed by atoms with Crippen molar-refractivity contribution < 1.29 is 9.18 Å². The Morgan fingerprint density at radius 1 is 1.22 bits per heavy atom. The van der Waals surface area contributed by atoms with Crippen LogP contribution in [0.1, 0.15) is 30.9 Å². The van der Waals surface area contributed by atoms with Gasteiger partial charge < -0.3 is 4.57 Å². The molecule has 1 heterocycles. The van der Waals surface area contributed by atoms with Gasteiger partial charge in [-0.15, -0.1) is 6.58 Å². The van der Waals surface area contributed by atoms with Crippen molar-refractivity contribution >= 4 is 27.5 Å². The van der Waals surface area contributed by atoms with Gasteiger partial charge in [0.25, 0.3) is 5.91 Å². The van der Waals surface area contributed by atoms with Crippen LogP contribution in [-0.2, 0) is 24.2 Å². The second kappa shape index (κ2) is 8.91. The van der Waals surface area contributed by atoms with Gasteiger partial charge in [-0.3, -0.25) is 4.79 Å². The molecule has 1 aromatic heterocycles. The number of hydrogen-bond acceptors (Lipinski definition) is 2. The van der Waals surface area contributed by atoms with E-state index in [-0.39, 0.29) is 18.1 Å². The van der Waals surface area contributed by atoms with Crippen LogP contribution in [0.5, 0.6) is 0 Å². The highest BCUT2D eigenvalue weighted by atomic mass is 32.1. The largest absolute Gasteiger partial charge is 0.313 e. The fourth-order valence-electron chi connectivity index (χ4n) is 2.97. The van der Waals surface area contributed by atoms with Gasteiger partial charge in [-0.2, -0.15) is 4.99 Å². The standard InChI is InChI=1S/C22H23FN2OS/c1-3-5-6-16-9-12-19-20(14-16)27-22(25(19)13-4-2)24-21(26)15-17-7-10-18(23)11-8-17/h4,7-12,14H,2-3,5-6,13,15H2,1H3. The Kier molecular flexibility index (Phi) is 6.35. The van der Waals surface area contributed by atoms with Crippen LogP contribution < -0.4 is 4.80 Å². The zero-order chi connectivity index (χ0) is 19.2. The fourth-order valence-corrected chi connectivity index (χ4v) is 4.09. The lowest BCUT2D eigenvalue weighted by Gasteiger charge is -2.03. The molecule has 0 aliphatic rings. The number of nitrogens with zero attached hydrogens (tertiary/aromatic N) is 2. The van der Waals surface area contributed by atoms with Gasteiger partial charge in [0.2, 0.25) is 0 Å². The quantitative estimate of drug-likeness (QED) is 0.527. The normalized spacial score (nSPS) is 11.9. The number of hydrogen-bond donors (Lipinski definition) is 0. The third kappa shape index (κ3) is 4.80. The first-order chi connectivity index (χ1) is 13.1. The predicted molar refractivity (Wildman–Crippen MR) is 109 cm³/mol. The Labute approximate surface area is 162 Å². The molecule has 3 aromatic rings. The van der Waals surface area contributed by atoms with Gasteiger partial charge in [0.15, 0.2) is 4.80 Å². The highest BCUT2D eigenvalue weighted by molar-refractivity contribution is 7.16. The van der Waals surface area contributed by atoms with E-state index >= 15 is 0 Å². The summed E-state index contributed by atoms with van der Waals surface area (Å²) in [5, 5.41) is 0. The summed E-state index contributed by atoms with van der Waals surface area (Å²) < 4.78 is 16.2.